The van der Waals surface area contributed by atoms with Gasteiger partial charge in [-0.25, -0.2) is 0 Å². The molecule has 1 fully saturated rings. The molecule has 1 aliphatic rings. The van der Waals surface area contributed by atoms with Crippen LogP contribution in [-0.4, -0.2) is 27.6 Å². The maximum absolute atomic E-state index is 12.1. The highest BCUT2D eigenvalue weighted by Crippen LogP contribution is 2.23. The molecule has 1 aliphatic carbocycles. The number of carbonyl (C=O) groups excluding carboxylic acids is 1. The van der Waals surface area contributed by atoms with E-state index in [0.29, 0.717) is 12.2 Å². The van der Waals surface area contributed by atoms with Gasteiger partial charge in [0.25, 0.3) is 0 Å². The maximum atomic E-state index is 12.1. The van der Waals surface area contributed by atoms with E-state index < -0.39 is 10.8 Å². The first kappa shape index (κ1) is 14.3. The van der Waals surface area contributed by atoms with E-state index in [-0.39, 0.29) is 16.8 Å². The van der Waals surface area contributed by atoms with Crippen LogP contribution in [0.4, 0.5) is 0 Å². The molecular formula is C15H20O3S. The second-order valence-electron chi connectivity index (χ2n) is 4.81. The molecule has 0 amide bonds. The Hall–Kier alpha value is -1.16. The molecule has 19 heavy (non-hydrogen) atoms. The lowest BCUT2D eigenvalue weighted by atomic mass is 10.1. The third-order valence-corrected chi connectivity index (χ3v) is 5.20. The smallest absolute Gasteiger partial charge is 0.175 e. The van der Waals surface area contributed by atoms with Crippen LogP contribution < -0.4 is 4.74 Å². The van der Waals surface area contributed by atoms with E-state index in [4.69, 9.17) is 4.74 Å². The average molecular weight is 280 g/mol. The third-order valence-electron chi connectivity index (χ3n) is 3.43. The zero-order valence-electron chi connectivity index (χ0n) is 11.3. The first-order chi connectivity index (χ1) is 9.20. The van der Waals surface area contributed by atoms with Gasteiger partial charge in [0.2, 0.25) is 0 Å². The first-order valence-corrected chi connectivity index (χ1v) is 8.22. The quantitative estimate of drug-likeness (QED) is 0.752. The second kappa shape index (κ2) is 6.85. The molecule has 0 bridgehead atoms. The van der Waals surface area contributed by atoms with E-state index in [0.717, 1.165) is 31.4 Å². The maximum Gasteiger partial charge on any atom is 0.175 e. The van der Waals surface area contributed by atoms with E-state index >= 15 is 0 Å². The molecule has 1 atom stereocenters. The van der Waals surface area contributed by atoms with Crippen LogP contribution in [0.25, 0.3) is 0 Å². The molecule has 1 aromatic carbocycles. The van der Waals surface area contributed by atoms with Crippen LogP contribution in [0.3, 0.4) is 0 Å². The minimum atomic E-state index is -1.02. The summed E-state index contributed by atoms with van der Waals surface area (Å²) in [6.07, 6.45) is 4.30. The molecule has 1 saturated carbocycles. The molecule has 2 rings (SSSR count). The number of hydrogen-bond acceptors (Lipinski definition) is 3. The lowest BCUT2D eigenvalue weighted by Crippen LogP contribution is -2.19. The third kappa shape index (κ3) is 3.90. The van der Waals surface area contributed by atoms with Crippen LogP contribution >= 0.6 is 0 Å². The fourth-order valence-corrected chi connectivity index (χ4v) is 3.91. The number of ketones is 1. The van der Waals surface area contributed by atoms with Gasteiger partial charge in [0.05, 0.1) is 12.4 Å². The highest BCUT2D eigenvalue weighted by molar-refractivity contribution is 7.86. The molecule has 0 heterocycles. The lowest BCUT2D eigenvalue weighted by molar-refractivity contribution is 0.102. The van der Waals surface area contributed by atoms with Gasteiger partial charge < -0.3 is 4.74 Å². The molecule has 0 aliphatic heterocycles. The van der Waals surface area contributed by atoms with Crippen molar-refractivity contribution < 1.29 is 13.7 Å². The van der Waals surface area contributed by atoms with E-state index in [1.54, 1.807) is 24.3 Å². The Morgan fingerprint density at radius 3 is 2.47 bits per heavy atom. The normalized spacial score (nSPS) is 17.3. The zero-order valence-corrected chi connectivity index (χ0v) is 12.1. The Morgan fingerprint density at radius 1 is 1.26 bits per heavy atom. The van der Waals surface area contributed by atoms with Gasteiger partial charge in [-0.1, -0.05) is 12.8 Å². The molecule has 1 aromatic rings. The minimum Gasteiger partial charge on any atom is -0.494 e. The van der Waals surface area contributed by atoms with E-state index in [2.05, 4.69) is 0 Å². The van der Waals surface area contributed by atoms with Crippen LogP contribution in [0.15, 0.2) is 24.3 Å². The van der Waals surface area contributed by atoms with Gasteiger partial charge in [-0.05, 0) is 44.0 Å². The number of carbonyl (C=O) groups is 1. The van der Waals surface area contributed by atoms with Crippen molar-refractivity contribution in [2.45, 2.75) is 37.9 Å². The van der Waals surface area contributed by atoms with Gasteiger partial charge in [0.1, 0.15) is 5.75 Å². The van der Waals surface area contributed by atoms with Crippen LogP contribution in [-0.2, 0) is 10.8 Å². The van der Waals surface area contributed by atoms with Crippen LogP contribution in [0, 0.1) is 0 Å². The summed E-state index contributed by atoms with van der Waals surface area (Å²) in [6.45, 7) is 2.53. The SMILES string of the molecule is CCOc1ccc(C(=O)CS(=O)C2CCCC2)cc1. The predicted molar refractivity (Wildman–Crippen MR) is 77.2 cm³/mol. The Morgan fingerprint density at radius 2 is 1.89 bits per heavy atom. The fraction of sp³-hybridized carbons (Fsp3) is 0.533. The molecule has 3 nitrogen and oxygen atoms in total. The van der Waals surface area contributed by atoms with Gasteiger partial charge in [0.15, 0.2) is 5.78 Å². The molecule has 0 spiro atoms. The van der Waals surface area contributed by atoms with Crippen molar-refractivity contribution in [3.05, 3.63) is 29.8 Å². The molecular weight excluding hydrogens is 260 g/mol. The highest BCUT2D eigenvalue weighted by atomic mass is 32.2. The molecule has 0 aromatic heterocycles. The summed E-state index contributed by atoms with van der Waals surface area (Å²) in [5.74, 6) is 0.878. The molecule has 1 unspecified atom stereocenters. The summed E-state index contributed by atoms with van der Waals surface area (Å²) >= 11 is 0. The van der Waals surface area contributed by atoms with Crippen molar-refractivity contribution >= 4 is 16.6 Å². The highest BCUT2D eigenvalue weighted by Gasteiger charge is 2.23. The van der Waals surface area contributed by atoms with Crippen LogP contribution in [0.1, 0.15) is 43.0 Å². The predicted octanol–water partition coefficient (Wildman–Crippen LogP) is 2.96. The van der Waals surface area contributed by atoms with Crippen molar-refractivity contribution in [3.8, 4) is 5.75 Å². The summed E-state index contributed by atoms with van der Waals surface area (Å²) in [5, 5.41) is 0.228. The van der Waals surface area contributed by atoms with E-state index in [9.17, 15) is 9.00 Å². The Labute approximate surface area is 116 Å². The summed E-state index contributed by atoms with van der Waals surface area (Å²) in [7, 11) is -1.02. The van der Waals surface area contributed by atoms with Crippen LogP contribution in [0.5, 0.6) is 5.75 Å². The van der Waals surface area contributed by atoms with E-state index in [1.165, 1.54) is 0 Å². The monoisotopic (exact) mass is 280 g/mol. The summed E-state index contributed by atoms with van der Waals surface area (Å²) in [4.78, 5) is 12.0. The number of ether oxygens (including phenoxy) is 1. The van der Waals surface area contributed by atoms with Gasteiger partial charge in [-0.15, -0.1) is 0 Å². The topological polar surface area (TPSA) is 43.4 Å². The first-order valence-electron chi connectivity index (χ1n) is 6.84. The second-order valence-corrected chi connectivity index (χ2v) is 6.53. The summed E-state index contributed by atoms with van der Waals surface area (Å²) < 4.78 is 17.4. The fourth-order valence-electron chi connectivity index (χ4n) is 2.39. The van der Waals surface area contributed by atoms with E-state index in [1.807, 2.05) is 6.92 Å². The summed E-state index contributed by atoms with van der Waals surface area (Å²) in [6, 6.07) is 7.07. The number of hydrogen-bond donors (Lipinski definition) is 0. The Bertz CT molecular complexity index is 447. The molecule has 4 heteroatoms. The minimum absolute atomic E-state index is 0.0340. The van der Waals surface area contributed by atoms with Crippen molar-refractivity contribution in [1.29, 1.82) is 0 Å². The van der Waals surface area contributed by atoms with Gasteiger partial charge in [0, 0.05) is 21.6 Å². The number of rotatable bonds is 6. The van der Waals surface area contributed by atoms with Gasteiger partial charge in [-0.3, -0.25) is 9.00 Å². The number of benzene rings is 1. The molecule has 0 radical (unpaired) electrons. The largest absolute Gasteiger partial charge is 0.494 e. The molecule has 104 valence electrons. The van der Waals surface area contributed by atoms with Gasteiger partial charge >= 0.3 is 0 Å². The van der Waals surface area contributed by atoms with Crippen molar-refractivity contribution in [2.75, 3.05) is 12.4 Å². The van der Waals surface area contributed by atoms with Crippen molar-refractivity contribution in [2.24, 2.45) is 0 Å². The number of Topliss-reactive ketones (excluding diaryl/α,β-unsaturated/α-hetero) is 1. The Balaban J connectivity index is 1.93. The standard InChI is InChI=1S/C15H20O3S/c1-2-18-13-9-7-12(8-10-13)15(16)11-19(17)14-5-3-4-6-14/h7-10,14H,2-6,11H2,1H3. The van der Waals surface area contributed by atoms with Crippen molar-refractivity contribution in [1.82, 2.24) is 0 Å². The zero-order chi connectivity index (χ0) is 13.7. The average Bonchev–Trinajstić information content (AvgIpc) is 2.94. The molecule has 0 N–H and O–H groups in total. The lowest BCUT2D eigenvalue weighted by Gasteiger charge is -2.08. The van der Waals surface area contributed by atoms with Gasteiger partial charge in [-0.2, -0.15) is 0 Å². The van der Waals surface area contributed by atoms with Crippen molar-refractivity contribution in [3.63, 3.8) is 0 Å². The summed E-state index contributed by atoms with van der Waals surface area (Å²) in [5.41, 5.74) is 0.620. The van der Waals surface area contributed by atoms with Crippen LogP contribution in [0.2, 0.25) is 0 Å². The molecule has 0 saturated heterocycles. The Kier molecular flexibility index (Phi) is 5.14.